The maximum atomic E-state index is 12.5. The molecule has 1 aromatic heterocycles. The molecule has 0 atom stereocenters. The third-order valence-corrected chi connectivity index (χ3v) is 7.21. The van der Waals surface area contributed by atoms with Gasteiger partial charge in [-0.05, 0) is 72.9 Å². The second-order valence-electron chi connectivity index (χ2n) is 10.8. The van der Waals surface area contributed by atoms with E-state index in [0.717, 1.165) is 72.2 Å². The molecule has 0 saturated carbocycles. The van der Waals surface area contributed by atoms with E-state index in [1.54, 1.807) is 12.1 Å². The highest BCUT2D eigenvalue weighted by Gasteiger charge is 2.38. The Hall–Kier alpha value is -4.87. The number of carbonyl (C=O) groups is 3. The molecule has 0 aliphatic carbocycles. The van der Waals surface area contributed by atoms with Gasteiger partial charge < -0.3 is 20.8 Å². The molecular formula is C34H39F3N4O5. The number of aliphatic carboxylic acids is 1. The fraction of sp³-hybridized carbons (Fsp3) is 0.353. The van der Waals surface area contributed by atoms with E-state index in [4.69, 9.17) is 14.9 Å². The van der Waals surface area contributed by atoms with E-state index in [1.165, 1.54) is 6.42 Å². The molecular weight excluding hydrogens is 601 g/mol. The van der Waals surface area contributed by atoms with Crippen LogP contribution in [0.15, 0.2) is 60.7 Å². The summed E-state index contributed by atoms with van der Waals surface area (Å²) >= 11 is 0. The zero-order valence-electron chi connectivity index (χ0n) is 26.1. The van der Waals surface area contributed by atoms with E-state index in [2.05, 4.69) is 35.1 Å². The lowest BCUT2D eigenvalue weighted by molar-refractivity contribution is -0.192. The van der Waals surface area contributed by atoms with Gasteiger partial charge in [-0.3, -0.25) is 4.57 Å². The molecule has 0 bridgehead atoms. The maximum absolute atomic E-state index is 12.5. The van der Waals surface area contributed by atoms with Crippen LogP contribution in [0.1, 0.15) is 74.1 Å². The zero-order valence-corrected chi connectivity index (χ0v) is 26.1. The van der Waals surface area contributed by atoms with Crippen molar-refractivity contribution < 1.29 is 37.8 Å². The fourth-order valence-corrected chi connectivity index (χ4v) is 4.92. The van der Waals surface area contributed by atoms with Gasteiger partial charge in [0.2, 0.25) is 0 Å². The summed E-state index contributed by atoms with van der Waals surface area (Å²) in [6, 6.07) is 18.7. The van der Waals surface area contributed by atoms with Gasteiger partial charge >= 0.3 is 24.1 Å². The summed E-state index contributed by atoms with van der Waals surface area (Å²) in [6.45, 7) is 6.99. The summed E-state index contributed by atoms with van der Waals surface area (Å²) in [5.41, 5.74) is 6.28. The van der Waals surface area contributed by atoms with Crippen molar-refractivity contribution in [2.75, 3.05) is 11.9 Å². The van der Waals surface area contributed by atoms with Gasteiger partial charge in [0.05, 0.1) is 16.6 Å². The number of benzene rings is 3. The number of carboxylic acids is 2. The van der Waals surface area contributed by atoms with Gasteiger partial charge in [-0.25, -0.2) is 19.4 Å². The van der Waals surface area contributed by atoms with E-state index in [9.17, 15) is 27.9 Å². The van der Waals surface area contributed by atoms with Crippen molar-refractivity contribution in [3.63, 3.8) is 0 Å². The minimum Gasteiger partial charge on any atom is -0.478 e. The SMILES string of the molecule is CCCCCCNC(=O)Nc1ccc2nc(CCCC)n(-c3ccc(-c4ccccc4C(=O)O)c(C)c3)c2c1.O=C(O)C(F)(F)F. The van der Waals surface area contributed by atoms with Crippen molar-refractivity contribution in [3.8, 4) is 16.8 Å². The monoisotopic (exact) mass is 640 g/mol. The molecule has 0 fully saturated rings. The number of aryl methyl sites for hydroxylation is 2. The molecule has 0 radical (unpaired) electrons. The topological polar surface area (TPSA) is 134 Å². The predicted octanol–water partition coefficient (Wildman–Crippen LogP) is 8.38. The minimum absolute atomic E-state index is 0.208. The number of amides is 2. The Labute approximate surface area is 265 Å². The predicted molar refractivity (Wildman–Crippen MR) is 172 cm³/mol. The molecule has 4 N–H and O–H groups in total. The van der Waals surface area contributed by atoms with Gasteiger partial charge in [0.1, 0.15) is 5.82 Å². The third kappa shape index (κ3) is 9.56. The second kappa shape index (κ2) is 16.4. The molecule has 3 aromatic carbocycles. The number of nitrogens with zero attached hydrogens (tertiary/aromatic N) is 2. The Morgan fingerprint density at radius 3 is 2.20 bits per heavy atom. The summed E-state index contributed by atoms with van der Waals surface area (Å²) in [6.07, 6.45) is 2.24. The smallest absolute Gasteiger partial charge is 0.478 e. The van der Waals surface area contributed by atoms with Crippen LogP contribution in [0, 0.1) is 6.92 Å². The number of hydrogen-bond donors (Lipinski definition) is 4. The molecule has 246 valence electrons. The van der Waals surface area contributed by atoms with Crippen LogP contribution < -0.4 is 10.6 Å². The van der Waals surface area contributed by atoms with E-state index in [-0.39, 0.29) is 11.6 Å². The van der Waals surface area contributed by atoms with E-state index in [1.807, 2.05) is 49.4 Å². The highest BCUT2D eigenvalue weighted by Crippen LogP contribution is 2.31. The molecule has 0 aliphatic rings. The molecule has 4 aromatic rings. The lowest BCUT2D eigenvalue weighted by atomic mass is 9.95. The molecule has 0 spiro atoms. The van der Waals surface area contributed by atoms with Crippen LogP contribution in [0.4, 0.5) is 23.7 Å². The summed E-state index contributed by atoms with van der Waals surface area (Å²) < 4.78 is 33.9. The van der Waals surface area contributed by atoms with Gasteiger partial charge in [-0.2, -0.15) is 13.2 Å². The summed E-state index contributed by atoms with van der Waals surface area (Å²) in [7, 11) is 0. The number of hydrogen-bond acceptors (Lipinski definition) is 4. The third-order valence-electron chi connectivity index (χ3n) is 7.21. The summed E-state index contributed by atoms with van der Waals surface area (Å²) in [5, 5.41) is 22.7. The van der Waals surface area contributed by atoms with Crippen molar-refractivity contribution in [1.82, 2.24) is 14.9 Å². The number of imidazole rings is 1. The average Bonchev–Trinajstić information content (AvgIpc) is 3.37. The number of carbonyl (C=O) groups excluding carboxylic acids is 1. The molecule has 0 unspecified atom stereocenters. The molecule has 9 nitrogen and oxygen atoms in total. The fourth-order valence-electron chi connectivity index (χ4n) is 4.92. The van der Waals surface area contributed by atoms with Crippen LogP contribution in [0.3, 0.4) is 0 Å². The highest BCUT2D eigenvalue weighted by molar-refractivity contribution is 5.96. The van der Waals surface area contributed by atoms with E-state index >= 15 is 0 Å². The van der Waals surface area contributed by atoms with Crippen LogP contribution in [0.25, 0.3) is 27.8 Å². The normalized spacial score (nSPS) is 11.1. The molecule has 4 rings (SSSR count). The number of rotatable bonds is 12. The molecule has 12 heteroatoms. The first-order valence-corrected chi connectivity index (χ1v) is 15.2. The molecule has 2 amide bonds. The van der Waals surface area contributed by atoms with Gasteiger partial charge in [-0.15, -0.1) is 0 Å². The summed E-state index contributed by atoms with van der Waals surface area (Å²) in [5.74, 6) is -2.74. The number of anilines is 1. The van der Waals surface area contributed by atoms with Crippen LogP contribution in [-0.4, -0.2) is 50.5 Å². The van der Waals surface area contributed by atoms with Crippen molar-refractivity contribution in [1.29, 1.82) is 0 Å². The highest BCUT2D eigenvalue weighted by atomic mass is 19.4. The number of unbranched alkanes of at least 4 members (excludes halogenated alkanes) is 4. The van der Waals surface area contributed by atoms with Crippen LogP contribution in [0.2, 0.25) is 0 Å². The first-order valence-electron chi connectivity index (χ1n) is 15.2. The van der Waals surface area contributed by atoms with Gasteiger partial charge in [0, 0.05) is 24.3 Å². The number of fused-ring (bicyclic) bond motifs is 1. The number of aromatic nitrogens is 2. The van der Waals surface area contributed by atoms with Gasteiger partial charge in [-0.1, -0.05) is 63.8 Å². The number of halogens is 3. The Balaban J connectivity index is 0.000000738. The Kier molecular flexibility index (Phi) is 12.7. The van der Waals surface area contributed by atoms with Gasteiger partial charge in [0.15, 0.2) is 0 Å². The average molecular weight is 641 g/mol. The number of alkyl halides is 3. The largest absolute Gasteiger partial charge is 0.490 e. The summed E-state index contributed by atoms with van der Waals surface area (Å²) in [4.78, 5) is 38.1. The second-order valence-corrected chi connectivity index (χ2v) is 10.8. The van der Waals surface area contributed by atoms with Crippen molar-refractivity contribution in [2.45, 2.75) is 71.9 Å². The lowest BCUT2D eigenvalue weighted by Crippen LogP contribution is -2.29. The van der Waals surface area contributed by atoms with Crippen LogP contribution >= 0.6 is 0 Å². The maximum Gasteiger partial charge on any atom is 0.490 e. The number of aromatic carboxylic acids is 1. The van der Waals surface area contributed by atoms with Crippen molar-refractivity contribution in [3.05, 3.63) is 77.6 Å². The zero-order chi connectivity index (χ0) is 33.9. The van der Waals surface area contributed by atoms with E-state index < -0.39 is 18.1 Å². The van der Waals surface area contributed by atoms with Gasteiger partial charge in [0.25, 0.3) is 0 Å². The molecule has 0 aliphatic heterocycles. The van der Waals surface area contributed by atoms with E-state index in [0.29, 0.717) is 17.8 Å². The number of nitrogens with one attached hydrogen (secondary N) is 2. The lowest BCUT2D eigenvalue weighted by Gasteiger charge is -2.14. The molecule has 1 heterocycles. The van der Waals surface area contributed by atoms with Crippen molar-refractivity contribution in [2.24, 2.45) is 0 Å². The standard InChI is InChI=1S/C32H38N4O3.C2HF3O2/c1-4-6-8-11-19-33-32(39)34-23-15-18-28-29(21-23)36(30(35-28)14-7-5-2)24-16-17-25(22(3)20-24)26-12-9-10-13-27(26)31(37)38;3-2(4,5)1(6)7/h9-10,12-13,15-18,20-21H,4-8,11,14,19H2,1-3H3,(H,37,38)(H2,33,34,39);(H,6,7). The Bertz CT molecular complexity index is 1670. The van der Waals surface area contributed by atoms with Crippen molar-refractivity contribution >= 4 is 34.7 Å². The van der Waals surface area contributed by atoms with Crippen LogP contribution in [-0.2, 0) is 11.2 Å². The number of carboxylic acid groups (broad SMARTS) is 2. The Morgan fingerprint density at radius 1 is 0.870 bits per heavy atom. The van der Waals surface area contributed by atoms with Crippen LogP contribution in [0.5, 0.6) is 0 Å². The number of urea groups is 1. The first-order chi connectivity index (χ1) is 21.9. The first kappa shape index (κ1) is 35.6. The quantitative estimate of drug-likeness (QED) is 0.115. The Morgan fingerprint density at radius 2 is 1.57 bits per heavy atom. The minimum atomic E-state index is -5.08. The molecule has 46 heavy (non-hydrogen) atoms. The molecule has 0 saturated heterocycles.